The van der Waals surface area contributed by atoms with E-state index in [1.54, 1.807) is 0 Å². The van der Waals surface area contributed by atoms with Crippen LogP contribution in [0.3, 0.4) is 0 Å². The van der Waals surface area contributed by atoms with Crippen LogP contribution in [-0.4, -0.2) is 0 Å². The molecule has 4 rings (SSSR count). The van der Waals surface area contributed by atoms with Crippen molar-refractivity contribution in [2.45, 2.75) is 104 Å². The molecule has 2 aliphatic carbocycles. The summed E-state index contributed by atoms with van der Waals surface area (Å²) in [5.74, 6) is 9.83. The van der Waals surface area contributed by atoms with Crippen LogP contribution in [0.2, 0.25) is 0 Å². The lowest BCUT2D eigenvalue weighted by atomic mass is 9.70. The van der Waals surface area contributed by atoms with Crippen LogP contribution >= 0.6 is 0 Å². The Morgan fingerprint density at radius 1 is 0.686 bits per heavy atom. The van der Waals surface area contributed by atoms with E-state index in [2.05, 4.69) is 80.3 Å². The Morgan fingerprint density at radius 3 is 2.00 bits per heavy atom. The summed E-state index contributed by atoms with van der Waals surface area (Å²) in [6.45, 7) is 4.57. The van der Waals surface area contributed by atoms with Crippen molar-refractivity contribution in [3.8, 4) is 23.0 Å². The molecule has 0 heteroatoms. The van der Waals surface area contributed by atoms with Crippen LogP contribution in [0.4, 0.5) is 0 Å². The second-order valence-electron chi connectivity index (χ2n) is 11.2. The number of rotatable bonds is 9. The van der Waals surface area contributed by atoms with Crippen molar-refractivity contribution in [1.29, 1.82) is 0 Å². The van der Waals surface area contributed by atoms with Crippen molar-refractivity contribution in [1.82, 2.24) is 0 Å². The lowest BCUT2D eigenvalue weighted by Crippen LogP contribution is -2.23. The number of hydrogen-bond acceptors (Lipinski definition) is 0. The zero-order valence-corrected chi connectivity index (χ0v) is 22.3. The van der Waals surface area contributed by atoms with Crippen LogP contribution in [-0.2, 0) is 6.42 Å². The third kappa shape index (κ3) is 7.87. The van der Waals surface area contributed by atoms with Gasteiger partial charge in [0.1, 0.15) is 0 Å². The Morgan fingerprint density at radius 2 is 1.37 bits per heavy atom. The van der Waals surface area contributed by atoms with Gasteiger partial charge in [-0.25, -0.2) is 0 Å². The van der Waals surface area contributed by atoms with Crippen LogP contribution < -0.4 is 0 Å². The van der Waals surface area contributed by atoms with Gasteiger partial charge in [-0.15, -0.1) is 0 Å². The largest absolute Gasteiger partial charge is 0.0726 e. The molecule has 0 aromatic heterocycles. The van der Waals surface area contributed by atoms with Crippen LogP contribution in [0.1, 0.15) is 108 Å². The van der Waals surface area contributed by atoms with Crippen molar-refractivity contribution in [2.24, 2.45) is 17.8 Å². The molecule has 0 saturated heterocycles. The highest BCUT2D eigenvalue weighted by Gasteiger charge is 2.28. The molecule has 2 aromatic carbocycles. The van der Waals surface area contributed by atoms with Gasteiger partial charge in [-0.3, -0.25) is 0 Å². The van der Waals surface area contributed by atoms with Gasteiger partial charge in [-0.2, -0.15) is 0 Å². The Kier molecular flexibility index (Phi) is 10.1. The predicted molar refractivity (Wildman–Crippen MR) is 152 cm³/mol. The first-order chi connectivity index (χ1) is 17.2. The quantitative estimate of drug-likeness (QED) is 0.255. The second kappa shape index (κ2) is 13.7. The molecule has 186 valence electrons. The van der Waals surface area contributed by atoms with Gasteiger partial charge in [0.05, 0.1) is 0 Å². The average Bonchev–Trinajstić information content (AvgIpc) is 2.92. The lowest BCUT2D eigenvalue weighted by Gasteiger charge is -2.35. The van der Waals surface area contributed by atoms with Gasteiger partial charge >= 0.3 is 0 Å². The van der Waals surface area contributed by atoms with E-state index in [0.29, 0.717) is 0 Å². The van der Waals surface area contributed by atoms with E-state index in [-0.39, 0.29) is 0 Å². The molecule has 1 atom stereocenters. The molecule has 1 unspecified atom stereocenters. The number of benzene rings is 2. The fraction of sp³-hybridized carbons (Fsp3) is 0.543. The maximum atomic E-state index is 3.49. The van der Waals surface area contributed by atoms with Gasteiger partial charge in [0.2, 0.25) is 0 Å². The molecule has 1 saturated carbocycles. The van der Waals surface area contributed by atoms with E-state index in [9.17, 15) is 0 Å². The number of aryl methyl sites for hydroxylation is 1. The standard InChI is InChI=1S/C35H46/c1-3-5-7-9-29-14-22-33(23-15-29)35-26-18-31(19-27-35)11-10-30-16-24-34(25-17-30)32-20-12-28(13-21-32)8-6-4-2/h12-13,16-18,20-21,24-25,29,33,35H,3-9,14-15,19,22-23,26-27H2,1-2H3. The summed E-state index contributed by atoms with van der Waals surface area (Å²) in [6.07, 6.45) is 21.6. The minimum atomic E-state index is 0.907. The van der Waals surface area contributed by atoms with Gasteiger partial charge in [0.15, 0.2) is 0 Å². The zero-order valence-electron chi connectivity index (χ0n) is 22.3. The van der Waals surface area contributed by atoms with Crippen LogP contribution in [0.25, 0.3) is 11.1 Å². The molecule has 0 aliphatic heterocycles. The molecule has 0 N–H and O–H groups in total. The third-order valence-corrected chi connectivity index (χ3v) is 8.58. The summed E-state index contributed by atoms with van der Waals surface area (Å²) in [5.41, 5.74) is 6.49. The molecular weight excluding hydrogens is 420 g/mol. The molecule has 0 spiro atoms. The summed E-state index contributed by atoms with van der Waals surface area (Å²) >= 11 is 0. The second-order valence-corrected chi connectivity index (χ2v) is 11.2. The number of hydrogen-bond donors (Lipinski definition) is 0. The van der Waals surface area contributed by atoms with Gasteiger partial charge < -0.3 is 0 Å². The smallest absolute Gasteiger partial charge is 0.0249 e. The predicted octanol–water partition coefficient (Wildman–Crippen LogP) is 10.2. The highest BCUT2D eigenvalue weighted by molar-refractivity contribution is 5.64. The summed E-state index contributed by atoms with van der Waals surface area (Å²) in [5, 5.41) is 0. The molecule has 2 aliphatic rings. The summed E-state index contributed by atoms with van der Waals surface area (Å²) < 4.78 is 0. The highest BCUT2D eigenvalue weighted by Crippen LogP contribution is 2.40. The Labute approximate surface area is 215 Å². The molecule has 0 amide bonds. The van der Waals surface area contributed by atoms with E-state index in [0.717, 1.165) is 23.3 Å². The summed E-state index contributed by atoms with van der Waals surface area (Å²) in [6, 6.07) is 17.9. The fourth-order valence-corrected chi connectivity index (χ4v) is 6.17. The van der Waals surface area contributed by atoms with E-state index in [1.165, 1.54) is 112 Å². The summed E-state index contributed by atoms with van der Waals surface area (Å²) in [4.78, 5) is 0. The van der Waals surface area contributed by atoms with Crippen molar-refractivity contribution in [3.05, 3.63) is 71.3 Å². The van der Waals surface area contributed by atoms with Gasteiger partial charge in [-0.05, 0) is 97.1 Å². The first kappa shape index (κ1) is 25.8. The van der Waals surface area contributed by atoms with E-state index >= 15 is 0 Å². The Bertz CT molecular complexity index is 971. The molecule has 35 heavy (non-hydrogen) atoms. The maximum absolute atomic E-state index is 3.49. The number of allylic oxidation sites excluding steroid dienone is 2. The number of unbranched alkanes of at least 4 members (excludes halogenated alkanes) is 3. The molecular formula is C35H46. The first-order valence-electron chi connectivity index (χ1n) is 14.7. The maximum Gasteiger partial charge on any atom is 0.0249 e. The van der Waals surface area contributed by atoms with Crippen LogP contribution in [0.5, 0.6) is 0 Å². The SMILES string of the molecule is CCCCCC1CCC(C2CC=C(C#Cc3ccc(-c4ccc(CCCC)cc4)cc3)CC2)CC1. The van der Waals surface area contributed by atoms with Gasteiger partial charge in [0.25, 0.3) is 0 Å². The van der Waals surface area contributed by atoms with Crippen molar-refractivity contribution in [2.75, 3.05) is 0 Å². The summed E-state index contributed by atoms with van der Waals surface area (Å²) in [7, 11) is 0. The van der Waals surface area contributed by atoms with E-state index < -0.39 is 0 Å². The highest BCUT2D eigenvalue weighted by atomic mass is 14.3. The molecule has 1 fully saturated rings. The molecule has 2 aromatic rings. The van der Waals surface area contributed by atoms with Crippen molar-refractivity contribution in [3.63, 3.8) is 0 Å². The van der Waals surface area contributed by atoms with Crippen LogP contribution in [0, 0.1) is 29.6 Å². The van der Waals surface area contributed by atoms with Gasteiger partial charge in [-0.1, -0.05) is 113 Å². The zero-order chi connectivity index (χ0) is 24.3. The Hall–Kier alpha value is -2.26. The minimum Gasteiger partial charge on any atom is -0.0726 e. The average molecular weight is 467 g/mol. The first-order valence-corrected chi connectivity index (χ1v) is 14.7. The van der Waals surface area contributed by atoms with Crippen LogP contribution in [0.15, 0.2) is 60.2 Å². The molecule has 0 nitrogen and oxygen atoms in total. The van der Waals surface area contributed by atoms with Crippen molar-refractivity contribution < 1.29 is 0 Å². The third-order valence-electron chi connectivity index (χ3n) is 8.58. The van der Waals surface area contributed by atoms with Crippen molar-refractivity contribution >= 4 is 0 Å². The molecule has 0 radical (unpaired) electrons. The fourth-order valence-electron chi connectivity index (χ4n) is 6.17. The minimum absolute atomic E-state index is 0.907. The lowest BCUT2D eigenvalue weighted by molar-refractivity contribution is 0.186. The Balaban J connectivity index is 1.25. The van der Waals surface area contributed by atoms with E-state index in [1.807, 2.05) is 0 Å². The monoisotopic (exact) mass is 466 g/mol. The van der Waals surface area contributed by atoms with E-state index in [4.69, 9.17) is 0 Å². The molecule has 0 bridgehead atoms. The van der Waals surface area contributed by atoms with Gasteiger partial charge in [0, 0.05) is 5.56 Å². The normalized spacial score (nSPS) is 22.2. The topological polar surface area (TPSA) is 0 Å². The molecule has 0 heterocycles.